The van der Waals surface area contributed by atoms with E-state index in [9.17, 15) is 4.79 Å². The van der Waals surface area contributed by atoms with E-state index in [4.69, 9.17) is 0 Å². The number of pyridine rings is 1. The summed E-state index contributed by atoms with van der Waals surface area (Å²) < 4.78 is 0. The third-order valence-corrected chi connectivity index (χ3v) is 3.16. The lowest BCUT2D eigenvalue weighted by Gasteiger charge is -2.27. The average Bonchev–Trinajstić information content (AvgIpc) is 2.29. The van der Waals surface area contributed by atoms with Crippen LogP contribution in [0.4, 0.5) is 5.69 Å². The monoisotopic (exact) mass is 305 g/mol. The third-order valence-electron chi connectivity index (χ3n) is 3.16. The molecule has 19 heavy (non-hydrogen) atoms. The zero-order valence-electron chi connectivity index (χ0n) is 11.2. The second-order valence-electron chi connectivity index (χ2n) is 4.75. The van der Waals surface area contributed by atoms with Gasteiger partial charge in [-0.25, -0.2) is 0 Å². The minimum atomic E-state index is 0. The molecule has 1 aliphatic heterocycles. The highest BCUT2D eigenvalue weighted by atomic mass is 35.5. The number of hydrogen-bond donors (Lipinski definition) is 2. The zero-order chi connectivity index (χ0) is 12.3. The fraction of sp³-hybridized carbons (Fsp3) is 0.538. The molecule has 2 atom stereocenters. The minimum Gasteiger partial charge on any atom is -0.326 e. The van der Waals surface area contributed by atoms with Gasteiger partial charge in [-0.1, -0.05) is 0 Å². The van der Waals surface area contributed by atoms with Gasteiger partial charge in [-0.15, -0.1) is 24.8 Å². The van der Waals surface area contributed by atoms with E-state index in [1.807, 2.05) is 19.1 Å². The van der Waals surface area contributed by atoms with Crippen molar-refractivity contribution in [2.75, 3.05) is 11.9 Å². The summed E-state index contributed by atoms with van der Waals surface area (Å²) >= 11 is 0. The van der Waals surface area contributed by atoms with Crippen molar-refractivity contribution in [2.24, 2.45) is 5.92 Å². The Morgan fingerprint density at radius 3 is 2.84 bits per heavy atom. The van der Waals surface area contributed by atoms with Crippen molar-refractivity contribution in [2.45, 2.75) is 32.7 Å². The molecule has 6 heteroatoms. The van der Waals surface area contributed by atoms with Crippen molar-refractivity contribution in [3.05, 3.63) is 24.0 Å². The maximum Gasteiger partial charge on any atom is 0.227 e. The van der Waals surface area contributed by atoms with Crippen LogP contribution in [0.2, 0.25) is 0 Å². The van der Waals surface area contributed by atoms with Crippen LogP contribution >= 0.6 is 24.8 Å². The number of anilines is 1. The van der Waals surface area contributed by atoms with E-state index in [2.05, 4.69) is 22.5 Å². The predicted molar refractivity (Wildman–Crippen MR) is 82.3 cm³/mol. The Bertz CT molecular complexity index is 415. The molecule has 1 aromatic rings. The summed E-state index contributed by atoms with van der Waals surface area (Å²) in [6, 6.07) is 4.15. The van der Waals surface area contributed by atoms with Crippen LogP contribution in [0.25, 0.3) is 0 Å². The summed E-state index contributed by atoms with van der Waals surface area (Å²) in [4.78, 5) is 16.2. The van der Waals surface area contributed by atoms with Crippen LogP contribution in [0.1, 0.15) is 25.5 Å². The number of halogens is 2. The van der Waals surface area contributed by atoms with Crippen molar-refractivity contribution in [1.82, 2.24) is 10.3 Å². The number of aromatic nitrogens is 1. The van der Waals surface area contributed by atoms with Gasteiger partial charge in [0.05, 0.1) is 0 Å². The van der Waals surface area contributed by atoms with Crippen LogP contribution < -0.4 is 10.6 Å². The Labute approximate surface area is 126 Å². The highest BCUT2D eigenvalue weighted by molar-refractivity contribution is 5.92. The second kappa shape index (κ2) is 8.35. The summed E-state index contributed by atoms with van der Waals surface area (Å²) in [6.07, 6.45) is 3.55. The smallest absolute Gasteiger partial charge is 0.227 e. The Kier molecular flexibility index (Phi) is 7.99. The second-order valence-corrected chi connectivity index (χ2v) is 4.75. The summed E-state index contributed by atoms with van der Waals surface area (Å²) in [5.41, 5.74) is 1.76. The summed E-state index contributed by atoms with van der Waals surface area (Å²) in [5, 5.41) is 6.32. The molecule has 0 unspecified atom stereocenters. The molecule has 1 amide bonds. The van der Waals surface area contributed by atoms with E-state index in [1.54, 1.807) is 6.20 Å². The quantitative estimate of drug-likeness (QED) is 0.883. The molecule has 0 spiro atoms. The van der Waals surface area contributed by atoms with Gasteiger partial charge in [-0.05, 0) is 45.4 Å². The number of nitrogens with one attached hydrogen (secondary N) is 2. The fourth-order valence-corrected chi connectivity index (χ4v) is 2.24. The Hall–Kier alpha value is -0.840. The van der Waals surface area contributed by atoms with E-state index < -0.39 is 0 Å². The first-order valence-electron chi connectivity index (χ1n) is 6.12. The summed E-state index contributed by atoms with van der Waals surface area (Å²) in [7, 11) is 0. The van der Waals surface area contributed by atoms with Gasteiger partial charge in [0.15, 0.2) is 0 Å². The molecule has 2 heterocycles. The zero-order valence-corrected chi connectivity index (χ0v) is 12.8. The fourth-order valence-electron chi connectivity index (χ4n) is 2.24. The van der Waals surface area contributed by atoms with Crippen LogP contribution in [0.15, 0.2) is 18.3 Å². The Morgan fingerprint density at radius 2 is 2.21 bits per heavy atom. The Balaban J connectivity index is 0.00000162. The number of amides is 1. The molecule has 2 rings (SSSR count). The van der Waals surface area contributed by atoms with Crippen molar-refractivity contribution >= 4 is 36.4 Å². The average molecular weight is 306 g/mol. The van der Waals surface area contributed by atoms with Gasteiger partial charge in [0.1, 0.15) is 0 Å². The SMILES string of the molecule is Cc1cc(NC(=O)[C@H]2CCN[C@@H](C)C2)ccn1.Cl.Cl. The number of hydrogen-bond acceptors (Lipinski definition) is 3. The Morgan fingerprint density at radius 1 is 1.47 bits per heavy atom. The van der Waals surface area contributed by atoms with E-state index in [0.29, 0.717) is 6.04 Å². The molecule has 0 saturated carbocycles. The van der Waals surface area contributed by atoms with Gasteiger partial charge in [-0.2, -0.15) is 0 Å². The van der Waals surface area contributed by atoms with Gasteiger partial charge in [-0.3, -0.25) is 9.78 Å². The van der Waals surface area contributed by atoms with Gasteiger partial charge in [0.2, 0.25) is 5.91 Å². The number of aryl methyl sites for hydroxylation is 1. The van der Waals surface area contributed by atoms with Crippen molar-refractivity contribution in [1.29, 1.82) is 0 Å². The van der Waals surface area contributed by atoms with E-state index in [0.717, 1.165) is 30.8 Å². The van der Waals surface area contributed by atoms with Crippen LogP contribution in [0, 0.1) is 12.8 Å². The third kappa shape index (κ3) is 5.35. The van der Waals surface area contributed by atoms with Crippen molar-refractivity contribution in [3.63, 3.8) is 0 Å². The number of carbonyl (C=O) groups excluding carboxylic acids is 1. The molecule has 1 saturated heterocycles. The predicted octanol–water partition coefficient (Wildman–Crippen LogP) is 2.56. The number of piperidine rings is 1. The first-order chi connectivity index (χ1) is 8.15. The van der Waals surface area contributed by atoms with Gasteiger partial charge < -0.3 is 10.6 Å². The molecule has 108 valence electrons. The first kappa shape index (κ1) is 18.2. The highest BCUT2D eigenvalue weighted by Gasteiger charge is 2.24. The molecular formula is C13H21Cl2N3O. The molecule has 1 aromatic heterocycles. The van der Waals surface area contributed by atoms with Crippen LogP contribution in [0.3, 0.4) is 0 Å². The van der Waals surface area contributed by atoms with Crippen LogP contribution in [-0.2, 0) is 4.79 Å². The largest absolute Gasteiger partial charge is 0.326 e. The standard InChI is InChI=1S/C13H19N3O.2ClH/c1-9-7-11(3-5-14-9)13(17)16-12-4-6-15-10(2)8-12;;/h4,6,8-9,11,14H,3,5,7H2,1-2H3,(H,15,16,17);2*1H/t9-,11-;;/m0../s1. The molecule has 2 N–H and O–H groups in total. The number of rotatable bonds is 2. The molecule has 1 fully saturated rings. The van der Waals surface area contributed by atoms with E-state index in [1.165, 1.54) is 0 Å². The molecule has 0 aromatic carbocycles. The van der Waals surface area contributed by atoms with E-state index >= 15 is 0 Å². The number of nitrogens with zero attached hydrogens (tertiary/aromatic N) is 1. The van der Waals surface area contributed by atoms with E-state index in [-0.39, 0.29) is 36.6 Å². The maximum atomic E-state index is 12.1. The molecule has 0 aliphatic carbocycles. The summed E-state index contributed by atoms with van der Waals surface area (Å²) in [5.74, 6) is 0.253. The lowest BCUT2D eigenvalue weighted by Crippen LogP contribution is -2.40. The molecule has 0 bridgehead atoms. The maximum absolute atomic E-state index is 12.1. The minimum absolute atomic E-state index is 0. The van der Waals surface area contributed by atoms with Crippen LogP contribution in [0.5, 0.6) is 0 Å². The molecule has 1 aliphatic rings. The number of carbonyl (C=O) groups is 1. The lowest BCUT2D eigenvalue weighted by atomic mass is 9.92. The normalized spacial score (nSPS) is 21.8. The molecule has 0 radical (unpaired) electrons. The summed E-state index contributed by atoms with van der Waals surface area (Å²) in [6.45, 7) is 4.97. The van der Waals surface area contributed by atoms with Gasteiger partial charge >= 0.3 is 0 Å². The van der Waals surface area contributed by atoms with Crippen LogP contribution in [-0.4, -0.2) is 23.5 Å². The first-order valence-corrected chi connectivity index (χ1v) is 6.12. The van der Waals surface area contributed by atoms with Gasteiger partial charge in [0.25, 0.3) is 0 Å². The molecular weight excluding hydrogens is 285 g/mol. The lowest BCUT2D eigenvalue weighted by molar-refractivity contribution is -0.120. The highest BCUT2D eigenvalue weighted by Crippen LogP contribution is 2.18. The molecule has 4 nitrogen and oxygen atoms in total. The topological polar surface area (TPSA) is 54.0 Å². The van der Waals surface area contributed by atoms with Crippen molar-refractivity contribution in [3.8, 4) is 0 Å². The van der Waals surface area contributed by atoms with Crippen molar-refractivity contribution < 1.29 is 4.79 Å². The van der Waals surface area contributed by atoms with Gasteiger partial charge in [0, 0.05) is 29.5 Å².